The van der Waals surface area contributed by atoms with Crippen molar-refractivity contribution in [2.45, 2.75) is 44.9 Å². The van der Waals surface area contributed by atoms with Crippen LogP contribution in [-0.4, -0.2) is 18.7 Å². The standard InChI is InChI=1S/C8H16N2O2S/c1-7(2,3)13(11,12)10-8(4,5)6-9/h10H,1-5H3. The molecule has 4 nitrogen and oxygen atoms in total. The summed E-state index contributed by atoms with van der Waals surface area (Å²) in [6, 6.07) is 1.88. The maximum absolute atomic E-state index is 11.6. The van der Waals surface area contributed by atoms with Gasteiger partial charge in [-0.2, -0.15) is 9.98 Å². The van der Waals surface area contributed by atoms with Gasteiger partial charge in [0.05, 0.1) is 10.8 Å². The molecule has 0 atom stereocenters. The fourth-order valence-electron chi connectivity index (χ4n) is 0.512. The molecule has 0 aliphatic rings. The van der Waals surface area contributed by atoms with Crippen LogP contribution in [0.5, 0.6) is 0 Å². The van der Waals surface area contributed by atoms with Gasteiger partial charge in [0.1, 0.15) is 5.54 Å². The normalized spacial score (nSPS) is 13.8. The molecule has 1 N–H and O–H groups in total. The Bertz CT molecular complexity index is 317. The van der Waals surface area contributed by atoms with Crippen molar-refractivity contribution >= 4 is 10.0 Å². The van der Waals surface area contributed by atoms with Crippen LogP contribution in [0.4, 0.5) is 0 Å². The van der Waals surface area contributed by atoms with E-state index in [4.69, 9.17) is 5.26 Å². The molecule has 0 saturated heterocycles. The smallest absolute Gasteiger partial charge is 0.212 e. The topological polar surface area (TPSA) is 70.0 Å². The van der Waals surface area contributed by atoms with Gasteiger partial charge in [0, 0.05) is 0 Å². The largest absolute Gasteiger partial charge is 0.217 e. The number of nitrogens with zero attached hydrogens (tertiary/aromatic N) is 1. The molecule has 0 aromatic heterocycles. The van der Waals surface area contributed by atoms with E-state index >= 15 is 0 Å². The van der Waals surface area contributed by atoms with Crippen LogP contribution in [0.3, 0.4) is 0 Å². The molecule has 0 aromatic rings. The summed E-state index contributed by atoms with van der Waals surface area (Å²) in [6.07, 6.45) is 0. The molecule has 0 aromatic carbocycles. The zero-order valence-corrected chi connectivity index (χ0v) is 9.49. The first-order valence-electron chi connectivity index (χ1n) is 3.97. The minimum atomic E-state index is -3.44. The van der Waals surface area contributed by atoms with Gasteiger partial charge in [-0.25, -0.2) is 8.42 Å². The Hall–Kier alpha value is -0.600. The van der Waals surface area contributed by atoms with Crippen molar-refractivity contribution in [2.24, 2.45) is 0 Å². The highest BCUT2D eigenvalue weighted by molar-refractivity contribution is 7.90. The molecule has 0 heterocycles. The van der Waals surface area contributed by atoms with Gasteiger partial charge < -0.3 is 0 Å². The number of nitriles is 1. The summed E-state index contributed by atoms with van der Waals surface area (Å²) in [5.74, 6) is 0. The molecule has 76 valence electrons. The predicted octanol–water partition coefficient (Wildman–Crippen LogP) is 1.01. The molecule has 0 bridgehead atoms. The molecule has 0 fully saturated rings. The third kappa shape index (κ3) is 3.33. The van der Waals surface area contributed by atoms with Crippen LogP contribution in [0.2, 0.25) is 0 Å². The van der Waals surface area contributed by atoms with E-state index in [1.165, 1.54) is 13.8 Å². The molecule has 0 amide bonds. The first-order valence-corrected chi connectivity index (χ1v) is 5.45. The second kappa shape index (κ2) is 3.28. The highest BCUT2D eigenvalue weighted by atomic mass is 32.2. The minimum Gasteiger partial charge on any atom is -0.212 e. The van der Waals surface area contributed by atoms with Gasteiger partial charge in [0.2, 0.25) is 10.0 Å². The summed E-state index contributed by atoms with van der Waals surface area (Å²) in [6.45, 7) is 7.81. The lowest BCUT2D eigenvalue weighted by Gasteiger charge is -2.25. The highest BCUT2D eigenvalue weighted by Crippen LogP contribution is 2.16. The number of rotatable bonds is 2. The first-order chi connectivity index (χ1) is 5.52. The lowest BCUT2D eigenvalue weighted by Crippen LogP contribution is -2.49. The maximum atomic E-state index is 11.6. The van der Waals surface area contributed by atoms with E-state index in [0.717, 1.165) is 0 Å². The summed E-state index contributed by atoms with van der Waals surface area (Å²) >= 11 is 0. The van der Waals surface area contributed by atoms with E-state index in [2.05, 4.69) is 4.72 Å². The number of hydrogen-bond donors (Lipinski definition) is 1. The van der Waals surface area contributed by atoms with Crippen LogP contribution in [0.25, 0.3) is 0 Å². The Morgan fingerprint density at radius 1 is 1.15 bits per heavy atom. The highest BCUT2D eigenvalue weighted by Gasteiger charge is 2.34. The molecule has 5 heteroatoms. The number of nitrogens with one attached hydrogen (secondary N) is 1. The van der Waals surface area contributed by atoms with Gasteiger partial charge >= 0.3 is 0 Å². The van der Waals surface area contributed by atoms with Crippen molar-refractivity contribution in [1.29, 1.82) is 5.26 Å². The molecule has 0 rings (SSSR count). The average Bonchev–Trinajstić information content (AvgIpc) is 1.83. The second-order valence-electron chi connectivity index (χ2n) is 4.45. The van der Waals surface area contributed by atoms with Gasteiger partial charge in [-0.3, -0.25) is 0 Å². The van der Waals surface area contributed by atoms with Gasteiger partial charge in [-0.1, -0.05) is 0 Å². The summed E-state index contributed by atoms with van der Waals surface area (Å²) in [4.78, 5) is 0. The number of hydrogen-bond acceptors (Lipinski definition) is 3. The Labute approximate surface area is 80.0 Å². The van der Waals surface area contributed by atoms with Gasteiger partial charge in [0.25, 0.3) is 0 Å². The molecule has 0 spiro atoms. The Balaban J connectivity index is 4.88. The van der Waals surface area contributed by atoms with E-state index in [0.29, 0.717) is 0 Å². The molecular formula is C8H16N2O2S. The summed E-state index contributed by atoms with van der Waals surface area (Å²) in [5.41, 5.74) is -1.05. The Morgan fingerprint density at radius 3 is 1.77 bits per heavy atom. The SMILES string of the molecule is CC(C)(C#N)NS(=O)(=O)C(C)(C)C. The monoisotopic (exact) mass is 204 g/mol. The quantitative estimate of drug-likeness (QED) is 0.729. The molecule has 0 radical (unpaired) electrons. The predicted molar refractivity (Wildman–Crippen MR) is 51.5 cm³/mol. The van der Waals surface area contributed by atoms with E-state index in [1.54, 1.807) is 20.8 Å². The number of sulfonamides is 1. The third-order valence-electron chi connectivity index (χ3n) is 1.48. The van der Waals surface area contributed by atoms with Crippen molar-refractivity contribution in [3.8, 4) is 6.07 Å². The Kier molecular flexibility index (Phi) is 3.12. The zero-order chi connectivity index (χ0) is 10.9. The van der Waals surface area contributed by atoms with Crippen LogP contribution >= 0.6 is 0 Å². The molecule has 0 saturated carbocycles. The van der Waals surface area contributed by atoms with Crippen molar-refractivity contribution in [3.05, 3.63) is 0 Å². The van der Waals surface area contributed by atoms with Crippen LogP contribution in [-0.2, 0) is 10.0 Å². The van der Waals surface area contributed by atoms with Gasteiger partial charge in [-0.15, -0.1) is 0 Å². The van der Waals surface area contributed by atoms with Crippen molar-refractivity contribution < 1.29 is 8.42 Å². The van der Waals surface area contributed by atoms with Crippen LogP contribution in [0.1, 0.15) is 34.6 Å². The van der Waals surface area contributed by atoms with E-state index in [9.17, 15) is 8.42 Å². The summed E-state index contributed by atoms with van der Waals surface area (Å²) in [7, 11) is -3.44. The second-order valence-corrected chi connectivity index (χ2v) is 6.89. The van der Waals surface area contributed by atoms with Gasteiger partial charge in [-0.05, 0) is 34.6 Å². The molecule has 0 aliphatic carbocycles. The van der Waals surface area contributed by atoms with Crippen molar-refractivity contribution in [1.82, 2.24) is 4.72 Å². The summed E-state index contributed by atoms with van der Waals surface area (Å²) in [5, 5.41) is 8.65. The maximum Gasteiger partial charge on any atom is 0.217 e. The molecule has 0 aliphatic heterocycles. The molecule has 13 heavy (non-hydrogen) atoms. The lowest BCUT2D eigenvalue weighted by atomic mass is 10.1. The first kappa shape index (κ1) is 12.4. The summed E-state index contributed by atoms with van der Waals surface area (Å²) < 4.78 is 24.6. The van der Waals surface area contributed by atoms with Crippen molar-refractivity contribution in [2.75, 3.05) is 0 Å². The average molecular weight is 204 g/mol. The van der Waals surface area contributed by atoms with E-state index in [-0.39, 0.29) is 0 Å². The molecule has 0 unspecified atom stereocenters. The third-order valence-corrected chi connectivity index (χ3v) is 3.87. The van der Waals surface area contributed by atoms with Crippen LogP contribution < -0.4 is 4.72 Å². The van der Waals surface area contributed by atoms with E-state index in [1.807, 2.05) is 6.07 Å². The molecular weight excluding hydrogens is 188 g/mol. The van der Waals surface area contributed by atoms with Gasteiger partial charge in [0.15, 0.2) is 0 Å². The van der Waals surface area contributed by atoms with Crippen molar-refractivity contribution in [3.63, 3.8) is 0 Å². The van der Waals surface area contributed by atoms with Crippen LogP contribution in [0.15, 0.2) is 0 Å². The van der Waals surface area contributed by atoms with E-state index < -0.39 is 20.3 Å². The Morgan fingerprint density at radius 2 is 1.54 bits per heavy atom. The zero-order valence-electron chi connectivity index (χ0n) is 8.67. The fourth-order valence-corrected chi connectivity index (χ4v) is 1.54. The lowest BCUT2D eigenvalue weighted by molar-refractivity contribution is 0.508. The van der Waals surface area contributed by atoms with Crippen LogP contribution in [0, 0.1) is 11.3 Å². The minimum absolute atomic E-state index is 0.888. The fraction of sp³-hybridized carbons (Fsp3) is 0.875.